The second-order valence-electron chi connectivity index (χ2n) is 8.19. The summed E-state index contributed by atoms with van der Waals surface area (Å²) in [5.41, 5.74) is 3.20. The van der Waals surface area contributed by atoms with Crippen LogP contribution in [0.1, 0.15) is 16.7 Å². The van der Waals surface area contributed by atoms with Gasteiger partial charge in [0.25, 0.3) is 0 Å². The van der Waals surface area contributed by atoms with Crippen molar-refractivity contribution in [2.75, 3.05) is 13.2 Å². The standard InChI is InChI=1S/C28H30O5/c29-16-25-20-31-26(21-30-17-22-10-4-1-5-11-22)28(33-19-24-14-8-3-9-15-24)27(25)32-18-23-12-6-2-7-13-23/h1-16,25-28H,17-21H2/t25-,26+,27+,28-/m0/s1. The van der Waals surface area contributed by atoms with Crippen molar-refractivity contribution >= 4 is 6.29 Å². The van der Waals surface area contributed by atoms with Crippen molar-refractivity contribution in [1.82, 2.24) is 0 Å². The predicted octanol–water partition coefficient (Wildman–Crippen LogP) is 4.59. The van der Waals surface area contributed by atoms with E-state index in [1.54, 1.807) is 0 Å². The molecule has 1 aliphatic rings. The van der Waals surface area contributed by atoms with Gasteiger partial charge in [0.15, 0.2) is 0 Å². The molecule has 1 saturated heterocycles. The smallest absolute Gasteiger partial charge is 0.128 e. The first-order chi connectivity index (χ1) is 16.3. The van der Waals surface area contributed by atoms with Gasteiger partial charge in [0, 0.05) is 0 Å². The number of hydrogen-bond donors (Lipinski definition) is 0. The van der Waals surface area contributed by atoms with Gasteiger partial charge in [-0.2, -0.15) is 0 Å². The minimum absolute atomic E-state index is 0.285. The van der Waals surface area contributed by atoms with E-state index in [-0.39, 0.29) is 12.7 Å². The second-order valence-corrected chi connectivity index (χ2v) is 8.19. The van der Waals surface area contributed by atoms with E-state index in [1.807, 2.05) is 91.0 Å². The average Bonchev–Trinajstić information content (AvgIpc) is 2.88. The number of hydrogen-bond acceptors (Lipinski definition) is 5. The van der Waals surface area contributed by atoms with Crippen LogP contribution in [0.3, 0.4) is 0 Å². The quantitative estimate of drug-likeness (QED) is 0.403. The summed E-state index contributed by atoms with van der Waals surface area (Å²) in [6.07, 6.45) is -0.288. The fraction of sp³-hybridized carbons (Fsp3) is 0.321. The molecule has 0 saturated carbocycles. The molecule has 0 N–H and O–H groups in total. The van der Waals surface area contributed by atoms with Gasteiger partial charge < -0.3 is 23.7 Å². The molecule has 0 aliphatic carbocycles. The van der Waals surface area contributed by atoms with Crippen LogP contribution in [-0.2, 0) is 43.6 Å². The molecule has 1 heterocycles. The van der Waals surface area contributed by atoms with Gasteiger partial charge in [0.1, 0.15) is 18.5 Å². The van der Waals surface area contributed by atoms with Gasteiger partial charge in [-0.05, 0) is 16.7 Å². The molecule has 0 radical (unpaired) electrons. The Bertz CT molecular complexity index is 948. The summed E-state index contributed by atoms with van der Waals surface area (Å²) in [5.74, 6) is -0.403. The van der Waals surface area contributed by atoms with Gasteiger partial charge in [0.05, 0.1) is 45.1 Å². The van der Waals surface area contributed by atoms with Crippen LogP contribution in [0.15, 0.2) is 91.0 Å². The zero-order valence-corrected chi connectivity index (χ0v) is 18.6. The third kappa shape index (κ3) is 6.83. The fourth-order valence-corrected chi connectivity index (χ4v) is 3.96. The Kier molecular flexibility index (Phi) is 8.78. The van der Waals surface area contributed by atoms with Crippen LogP contribution in [0.2, 0.25) is 0 Å². The second kappa shape index (κ2) is 12.4. The van der Waals surface area contributed by atoms with E-state index in [4.69, 9.17) is 18.9 Å². The van der Waals surface area contributed by atoms with Crippen LogP contribution in [0.25, 0.3) is 0 Å². The van der Waals surface area contributed by atoms with Crippen LogP contribution in [0.4, 0.5) is 0 Å². The third-order valence-electron chi connectivity index (χ3n) is 5.75. The molecule has 5 nitrogen and oxygen atoms in total. The van der Waals surface area contributed by atoms with Gasteiger partial charge >= 0.3 is 0 Å². The summed E-state index contributed by atoms with van der Waals surface area (Å²) in [5, 5.41) is 0. The molecule has 172 valence electrons. The van der Waals surface area contributed by atoms with E-state index in [9.17, 15) is 4.79 Å². The van der Waals surface area contributed by atoms with E-state index in [0.29, 0.717) is 26.4 Å². The molecule has 0 amide bonds. The molecule has 1 fully saturated rings. The largest absolute Gasteiger partial charge is 0.374 e. The molecule has 4 atom stereocenters. The molecule has 0 bridgehead atoms. The number of carbonyl (C=O) groups excluding carboxylic acids is 1. The topological polar surface area (TPSA) is 54.0 Å². The zero-order valence-electron chi connectivity index (χ0n) is 18.6. The maximum Gasteiger partial charge on any atom is 0.128 e. The highest BCUT2D eigenvalue weighted by molar-refractivity contribution is 5.55. The zero-order chi connectivity index (χ0) is 22.7. The molecule has 1 aliphatic heterocycles. The van der Waals surface area contributed by atoms with Crippen molar-refractivity contribution in [2.24, 2.45) is 5.92 Å². The summed E-state index contributed by atoms with van der Waals surface area (Å²) < 4.78 is 24.6. The Labute approximate surface area is 195 Å². The molecule has 0 aromatic heterocycles. The minimum atomic E-state index is -0.436. The van der Waals surface area contributed by atoms with Crippen molar-refractivity contribution in [3.63, 3.8) is 0 Å². The monoisotopic (exact) mass is 446 g/mol. The Morgan fingerprint density at radius 1 is 0.697 bits per heavy atom. The Morgan fingerprint density at radius 3 is 1.70 bits per heavy atom. The number of rotatable bonds is 11. The SMILES string of the molecule is O=C[C@H]1CO[C@H](COCc2ccccc2)[C@H](OCc2ccccc2)[C@@H]1OCc1ccccc1. The first-order valence-corrected chi connectivity index (χ1v) is 11.3. The van der Waals surface area contributed by atoms with Crippen molar-refractivity contribution in [3.05, 3.63) is 108 Å². The third-order valence-corrected chi connectivity index (χ3v) is 5.75. The van der Waals surface area contributed by atoms with Gasteiger partial charge in [-0.1, -0.05) is 91.0 Å². The molecule has 3 aromatic carbocycles. The van der Waals surface area contributed by atoms with Crippen LogP contribution in [0, 0.1) is 5.92 Å². The lowest BCUT2D eigenvalue weighted by atomic mass is 9.93. The maximum atomic E-state index is 11.9. The predicted molar refractivity (Wildman–Crippen MR) is 125 cm³/mol. The minimum Gasteiger partial charge on any atom is -0.374 e. The number of benzene rings is 3. The highest BCUT2D eigenvalue weighted by Crippen LogP contribution is 2.27. The lowest BCUT2D eigenvalue weighted by Gasteiger charge is -2.40. The van der Waals surface area contributed by atoms with Crippen molar-refractivity contribution in [1.29, 1.82) is 0 Å². The fourth-order valence-electron chi connectivity index (χ4n) is 3.96. The van der Waals surface area contributed by atoms with Gasteiger partial charge in [-0.25, -0.2) is 0 Å². The van der Waals surface area contributed by atoms with Crippen LogP contribution in [0.5, 0.6) is 0 Å². The molecule has 0 unspecified atom stereocenters. The van der Waals surface area contributed by atoms with E-state index in [1.165, 1.54) is 0 Å². The van der Waals surface area contributed by atoms with E-state index < -0.39 is 18.1 Å². The Morgan fingerprint density at radius 2 is 1.18 bits per heavy atom. The summed E-state index contributed by atoms with van der Waals surface area (Å²) in [6.45, 7) is 1.93. The van der Waals surface area contributed by atoms with Gasteiger partial charge in [0.2, 0.25) is 0 Å². The van der Waals surface area contributed by atoms with E-state index in [2.05, 4.69) is 0 Å². The number of ether oxygens (including phenoxy) is 4. The molecule has 4 rings (SSSR count). The molecule has 0 spiro atoms. The molecule has 5 heteroatoms. The highest BCUT2D eigenvalue weighted by Gasteiger charge is 2.42. The average molecular weight is 447 g/mol. The first-order valence-electron chi connectivity index (χ1n) is 11.3. The van der Waals surface area contributed by atoms with Gasteiger partial charge in [-0.15, -0.1) is 0 Å². The number of carbonyl (C=O) groups is 1. The Hall–Kier alpha value is -2.83. The van der Waals surface area contributed by atoms with E-state index >= 15 is 0 Å². The summed E-state index contributed by atoms with van der Waals surface area (Å²) >= 11 is 0. The molecule has 3 aromatic rings. The van der Waals surface area contributed by atoms with Crippen molar-refractivity contribution in [2.45, 2.75) is 38.1 Å². The highest BCUT2D eigenvalue weighted by atomic mass is 16.6. The maximum absolute atomic E-state index is 11.9. The molecular formula is C28H30O5. The first kappa shape index (κ1) is 23.3. The van der Waals surface area contributed by atoms with Crippen LogP contribution >= 0.6 is 0 Å². The summed E-state index contributed by atoms with van der Waals surface area (Å²) in [7, 11) is 0. The molecular weight excluding hydrogens is 416 g/mol. The number of aldehydes is 1. The Balaban J connectivity index is 1.45. The summed E-state index contributed by atoms with van der Waals surface area (Å²) in [6, 6.07) is 29.9. The lowest BCUT2D eigenvalue weighted by Crippen LogP contribution is -2.54. The van der Waals surface area contributed by atoms with Crippen LogP contribution in [-0.4, -0.2) is 37.8 Å². The van der Waals surface area contributed by atoms with Crippen molar-refractivity contribution in [3.8, 4) is 0 Å². The van der Waals surface area contributed by atoms with E-state index in [0.717, 1.165) is 23.0 Å². The summed E-state index contributed by atoms with van der Waals surface area (Å²) in [4.78, 5) is 11.9. The normalized spacial score (nSPS) is 22.7. The molecule has 33 heavy (non-hydrogen) atoms. The van der Waals surface area contributed by atoms with Crippen LogP contribution < -0.4 is 0 Å². The van der Waals surface area contributed by atoms with Crippen molar-refractivity contribution < 1.29 is 23.7 Å². The lowest BCUT2D eigenvalue weighted by molar-refractivity contribution is -0.215. The van der Waals surface area contributed by atoms with Gasteiger partial charge in [-0.3, -0.25) is 0 Å².